The van der Waals surface area contributed by atoms with Gasteiger partial charge in [0.1, 0.15) is 23.0 Å². The molecule has 14 nitrogen and oxygen atoms in total. The Kier molecular flexibility index (Phi) is 14.3. The lowest BCUT2D eigenvalue weighted by molar-refractivity contribution is 0.0361. The average Bonchev–Trinajstić information content (AvgIpc) is 3.15. The number of phenols is 4. The van der Waals surface area contributed by atoms with Crippen molar-refractivity contribution in [3.8, 4) is 57.5 Å². The number of aromatic hydroxyl groups is 4. The number of hydrogen-bond donors (Lipinski definition) is 4. The highest BCUT2D eigenvalue weighted by Gasteiger charge is 2.28. The average molecular weight is 751 g/mol. The van der Waals surface area contributed by atoms with Crippen LogP contribution in [0.4, 0.5) is 0 Å². The SMILES string of the molecule is COc1cc(C[C@H](CCCOC(=O)c2cc(O)cc(O)c2)[C@@H](COC(=O)c2cc(O)cc(O)c2)Cc2cc(OC)c(OC)c(OC)c2)cc(OC)c1OC. The van der Waals surface area contributed by atoms with Gasteiger partial charge in [-0.1, -0.05) is 0 Å². The van der Waals surface area contributed by atoms with Crippen LogP contribution in [-0.4, -0.2) is 88.2 Å². The van der Waals surface area contributed by atoms with Crippen LogP contribution in [0.5, 0.6) is 57.5 Å². The lowest BCUT2D eigenvalue weighted by Crippen LogP contribution is -2.27. The maximum atomic E-state index is 13.3. The van der Waals surface area contributed by atoms with Crippen molar-refractivity contribution in [1.29, 1.82) is 0 Å². The van der Waals surface area contributed by atoms with Crippen LogP contribution in [0.1, 0.15) is 44.7 Å². The lowest BCUT2D eigenvalue weighted by Gasteiger charge is -2.28. The number of esters is 2. The molecule has 0 radical (unpaired) electrons. The number of carbonyl (C=O) groups excluding carboxylic acids is 2. The number of carbonyl (C=O) groups is 2. The van der Waals surface area contributed by atoms with Crippen molar-refractivity contribution >= 4 is 11.9 Å². The summed E-state index contributed by atoms with van der Waals surface area (Å²) in [5.41, 5.74) is 1.56. The molecule has 0 bridgehead atoms. The van der Waals surface area contributed by atoms with Crippen LogP contribution in [-0.2, 0) is 22.3 Å². The molecule has 14 heteroatoms. The van der Waals surface area contributed by atoms with E-state index in [0.717, 1.165) is 23.3 Å². The minimum Gasteiger partial charge on any atom is -0.508 e. The molecular formula is C40H46O14. The molecule has 4 N–H and O–H groups in total. The quantitative estimate of drug-likeness (QED) is 0.0638. The topological polar surface area (TPSA) is 189 Å². The van der Waals surface area contributed by atoms with Crippen LogP contribution in [0.2, 0.25) is 0 Å². The number of phenolic OH excluding ortho intramolecular Hbond substituents is 4. The summed E-state index contributed by atoms with van der Waals surface area (Å²) < 4.78 is 44.8. The van der Waals surface area contributed by atoms with Crippen LogP contribution in [0, 0.1) is 11.8 Å². The third kappa shape index (κ3) is 10.5. The Bertz CT molecular complexity index is 1820. The van der Waals surface area contributed by atoms with Crippen molar-refractivity contribution in [3.05, 3.63) is 82.9 Å². The Morgan fingerprint density at radius 3 is 1.24 bits per heavy atom. The number of hydrogen-bond acceptors (Lipinski definition) is 14. The van der Waals surface area contributed by atoms with Gasteiger partial charge in [0.05, 0.1) is 67.0 Å². The minimum absolute atomic E-state index is 0.000262. The monoisotopic (exact) mass is 750 g/mol. The van der Waals surface area contributed by atoms with E-state index in [1.807, 2.05) is 24.3 Å². The van der Waals surface area contributed by atoms with Gasteiger partial charge in [0.2, 0.25) is 11.5 Å². The zero-order chi connectivity index (χ0) is 39.4. The molecule has 0 heterocycles. The molecule has 4 rings (SSSR count). The van der Waals surface area contributed by atoms with E-state index in [0.29, 0.717) is 60.2 Å². The van der Waals surface area contributed by atoms with E-state index in [1.165, 1.54) is 66.9 Å². The van der Waals surface area contributed by atoms with Gasteiger partial charge >= 0.3 is 11.9 Å². The standard InChI is InChI=1S/C40H46O14/c1-47-33-12-23(13-34(48-2)37(33)51-5)10-25(8-7-9-53-39(45)26-16-29(41)20-30(42)17-26)28(22-54-40(46)27-18-31(43)21-32(44)19-27)11-24-14-35(49-3)38(52-6)36(15-24)50-4/h12-21,25,28,41-44H,7-11,22H2,1-6H3/t25-,28+/m0/s1. The molecule has 0 spiro atoms. The second-order valence-electron chi connectivity index (χ2n) is 12.3. The van der Waals surface area contributed by atoms with Crippen molar-refractivity contribution in [3.63, 3.8) is 0 Å². The van der Waals surface area contributed by atoms with E-state index < -0.39 is 11.9 Å². The first-order chi connectivity index (χ1) is 25.9. The molecule has 54 heavy (non-hydrogen) atoms. The first-order valence-corrected chi connectivity index (χ1v) is 16.9. The summed E-state index contributed by atoms with van der Waals surface area (Å²) in [6, 6.07) is 14.3. The smallest absolute Gasteiger partial charge is 0.338 e. The van der Waals surface area contributed by atoms with Crippen molar-refractivity contribution in [2.45, 2.75) is 25.7 Å². The van der Waals surface area contributed by atoms with Gasteiger partial charge in [-0.05, 0) is 91.3 Å². The molecule has 0 amide bonds. The number of rotatable bonds is 19. The van der Waals surface area contributed by atoms with Gasteiger partial charge in [0.15, 0.2) is 23.0 Å². The van der Waals surface area contributed by atoms with Crippen molar-refractivity contribution in [2.24, 2.45) is 11.8 Å². The Labute approximate surface area is 313 Å². The van der Waals surface area contributed by atoms with Crippen molar-refractivity contribution < 1.29 is 67.9 Å². The van der Waals surface area contributed by atoms with Gasteiger partial charge in [-0.25, -0.2) is 9.59 Å². The highest BCUT2D eigenvalue weighted by atomic mass is 16.5. The van der Waals surface area contributed by atoms with Gasteiger partial charge in [-0.2, -0.15) is 0 Å². The third-order valence-corrected chi connectivity index (χ3v) is 8.77. The Morgan fingerprint density at radius 1 is 0.500 bits per heavy atom. The fourth-order valence-electron chi connectivity index (χ4n) is 6.26. The summed E-state index contributed by atoms with van der Waals surface area (Å²) in [5.74, 6) is -0.683. The first kappa shape index (κ1) is 40.6. The van der Waals surface area contributed by atoms with Gasteiger partial charge in [-0.15, -0.1) is 0 Å². The van der Waals surface area contributed by atoms with Crippen LogP contribution < -0.4 is 28.4 Å². The second kappa shape index (κ2) is 19.1. The second-order valence-corrected chi connectivity index (χ2v) is 12.3. The van der Waals surface area contributed by atoms with E-state index in [-0.39, 0.29) is 59.2 Å². The molecule has 4 aromatic rings. The molecule has 0 aliphatic rings. The van der Waals surface area contributed by atoms with Crippen LogP contribution >= 0.6 is 0 Å². The Morgan fingerprint density at radius 2 is 0.870 bits per heavy atom. The molecule has 0 fully saturated rings. The molecule has 4 aromatic carbocycles. The fraction of sp³-hybridized carbons (Fsp3) is 0.350. The lowest BCUT2D eigenvalue weighted by atomic mass is 9.80. The molecule has 0 aromatic heterocycles. The Hall–Kier alpha value is -6.18. The van der Waals surface area contributed by atoms with E-state index in [4.69, 9.17) is 37.9 Å². The summed E-state index contributed by atoms with van der Waals surface area (Å²) in [4.78, 5) is 26.1. The summed E-state index contributed by atoms with van der Waals surface area (Å²) >= 11 is 0. The summed E-state index contributed by atoms with van der Waals surface area (Å²) in [5, 5.41) is 39.6. The van der Waals surface area contributed by atoms with Gasteiger partial charge in [-0.3, -0.25) is 0 Å². The number of ether oxygens (including phenoxy) is 8. The van der Waals surface area contributed by atoms with E-state index in [9.17, 15) is 30.0 Å². The molecule has 0 saturated heterocycles. The molecular weight excluding hydrogens is 704 g/mol. The molecule has 0 saturated carbocycles. The number of benzene rings is 4. The summed E-state index contributed by atoms with van der Waals surface area (Å²) in [6.45, 7) is -0.0936. The summed E-state index contributed by atoms with van der Waals surface area (Å²) in [6.07, 6.45) is 1.62. The molecule has 2 atom stereocenters. The molecule has 0 aliphatic heterocycles. The van der Waals surface area contributed by atoms with Crippen LogP contribution in [0.25, 0.3) is 0 Å². The van der Waals surface area contributed by atoms with E-state index in [1.54, 1.807) is 0 Å². The van der Waals surface area contributed by atoms with Crippen LogP contribution in [0.15, 0.2) is 60.7 Å². The zero-order valence-electron chi connectivity index (χ0n) is 31.0. The predicted molar refractivity (Wildman–Crippen MR) is 196 cm³/mol. The minimum atomic E-state index is -0.758. The first-order valence-electron chi connectivity index (χ1n) is 16.9. The molecule has 0 unspecified atom stereocenters. The van der Waals surface area contributed by atoms with E-state index >= 15 is 0 Å². The van der Waals surface area contributed by atoms with Gasteiger partial charge < -0.3 is 58.3 Å². The largest absolute Gasteiger partial charge is 0.508 e. The predicted octanol–water partition coefficient (Wildman–Crippen LogP) is 6.07. The molecule has 290 valence electrons. The van der Waals surface area contributed by atoms with Gasteiger partial charge in [0.25, 0.3) is 0 Å². The van der Waals surface area contributed by atoms with E-state index in [2.05, 4.69) is 0 Å². The van der Waals surface area contributed by atoms with Gasteiger partial charge in [0, 0.05) is 18.1 Å². The van der Waals surface area contributed by atoms with Crippen molar-refractivity contribution in [1.82, 2.24) is 0 Å². The number of methoxy groups -OCH3 is 6. The highest BCUT2D eigenvalue weighted by molar-refractivity contribution is 5.91. The van der Waals surface area contributed by atoms with Crippen LogP contribution in [0.3, 0.4) is 0 Å². The Balaban J connectivity index is 1.71. The molecule has 0 aliphatic carbocycles. The zero-order valence-corrected chi connectivity index (χ0v) is 31.0. The highest BCUT2D eigenvalue weighted by Crippen LogP contribution is 2.42. The van der Waals surface area contributed by atoms with Crippen molar-refractivity contribution in [2.75, 3.05) is 55.9 Å². The normalized spacial score (nSPS) is 11.9. The maximum Gasteiger partial charge on any atom is 0.338 e. The fourth-order valence-corrected chi connectivity index (χ4v) is 6.26. The maximum absolute atomic E-state index is 13.3. The third-order valence-electron chi connectivity index (χ3n) is 8.77. The summed E-state index contributed by atoms with van der Waals surface area (Å²) in [7, 11) is 9.08.